The van der Waals surface area contributed by atoms with E-state index < -0.39 is 0 Å². The maximum Gasteiger partial charge on any atom is 0.263 e. The van der Waals surface area contributed by atoms with Gasteiger partial charge in [0.2, 0.25) is 0 Å². The van der Waals surface area contributed by atoms with Crippen LogP contribution in [0.3, 0.4) is 0 Å². The SMILES string of the molecule is [N-]=[N+]=CC12CCC(CC1)C2. The minimum atomic E-state index is 0.319. The minimum Gasteiger partial charge on any atom is -0.362 e. The van der Waals surface area contributed by atoms with Gasteiger partial charge in [0.05, 0.1) is 5.41 Å². The molecule has 54 valence electrons. The largest absolute Gasteiger partial charge is 0.362 e. The number of hydrogen-bond donors (Lipinski definition) is 0. The van der Waals surface area contributed by atoms with Crippen LogP contribution in [-0.4, -0.2) is 11.0 Å². The molecule has 2 nitrogen and oxygen atoms in total. The van der Waals surface area contributed by atoms with Crippen LogP contribution >= 0.6 is 0 Å². The van der Waals surface area contributed by atoms with Gasteiger partial charge in [-0.2, -0.15) is 4.79 Å². The van der Waals surface area contributed by atoms with E-state index in [9.17, 15) is 0 Å². The highest BCUT2D eigenvalue weighted by Gasteiger charge is 2.46. The zero-order chi connectivity index (χ0) is 7.03. The van der Waals surface area contributed by atoms with Crippen LogP contribution in [-0.2, 0) is 0 Å². The maximum atomic E-state index is 8.41. The van der Waals surface area contributed by atoms with E-state index in [1.165, 1.54) is 32.1 Å². The van der Waals surface area contributed by atoms with Gasteiger partial charge >= 0.3 is 0 Å². The molecule has 2 saturated carbocycles. The predicted octanol–water partition coefficient (Wildman–Crippen LogP) is 1.87. The summed E-state index contributed by atoms with van der Waals surface area (Å²) in [6.07, 6.45) is 8.25. The lowest BCUT2D eigenvalue weighted by Crippen LogP contribution is -2.15. The molecule has 0 spiro atoms. The first-order chi connectivity index (χ1) is 4.85. The first-order valence-electron chi connectivity index (χ1n) is 4.03. The van der Waals surface area contributed by atoms with Gasteiger partial charge in [-0.05, 0) is 38.0 Å². The van der Waals surface area contributed by atoms with Crippen molar-refractivity contribution in [2.75, 3.05) is 0 Å². The summed E-state index contributed by atoms with van der Waals surface area (Å²) in [6, 6.07) is 0. The Labute approximate surface area is 60.9 Å². The Morgan fingerprint density at radius 1 is 1.40 bits per heavy atom. The summed E-state index contributed by atoms with van der Waals surface area (Å²) in [5.41, 5.74) is 8.73. The highest BCUT2D eigenvalue weighted by atomic mass is 14.8. The predicted molar refractivity (Wildman–Crippen MR) is 38.7 cm³/mol. The van der Waals surface area contributed by atoms with E-state index in [-0.39, 0.29) is 0 Å². The Bertz CT molecular complexity index is 183. The average molecular weight is 136 g/mol. The molecule has 0 heterocycles. The lowest BCUT2D eigenvalue weighted by Gasteiger charge is -2.14. The molecule has 2 aliphatic rings. The summed E-state index contributed by atoms with van der Waals surface area (Å²) in [7, 11) is 0. The molecule has 2 bridgehead atoms. The van der Waals surface area contributed by atoms with Crippen molar-refractivity contribution in [2.45, 2.75) is 32.1 Å². The highest BCUT2D eigenvalue weighted by Crippen LogP contribution is 2.52. The fourth-order valence-corrected chi connectivity index (χ4v) is 2.54. The monoisotopic (exact) mass is 136 g/mol. The molecule has 0 amide bonds. The lowest BCUT2D eigenvalue weighted by molar-refractivity contribution is -0.00963. The van der Waals surface area contributed by atoms with Gasteiger partial charge in [0.1, 0.15) is 0 Å². The van der Waals surface area contributed by atoms with Crippen LogP contribution in [0, 0.1) is 11.3 Å². The molecule has 0 N–H and O–H groups in total. The van der Waals surface area contributed by atoms with Gasteiger partial charge in [-0.3, -0.25) is 0 Å². The van der Waals surface area contributed by atoms with Crippen LogP contribution < -0.4 is 0 Å². The van der Waals surface area contributed by atoms with E-state index in [0.29, 0.717) is 5.41 Å². The van der Waals surface area contributed by atoms with E-state index >= 15 is 0 Å². The highest BCUT2D eigenvalue weighted by molar-refractivity contribution is 5.61. The van der Waals surface area contributed by atoms with E-state index in [0.717, 1.165) is 5.92 Å². The second-order valence-electron chi connectivity index (χ2n) is 3.75. The third-order valence-electron chi connectivity index (χ3n) is 3.13. The summed E-state index contributed by atoms with van der Waals surface area (Å²) < 4.78 is 0. The van der Waals surface area contributed by atoms with Crippen molar-refractivity contribution in [3.8, 4) is 0 Å². The fraction of sp³-hybridized carbons (Fsp3) is 0.875. The van der Waals surface area contributed by atoms with Gasteiger partial charge < -0.3 is 5.53 Å². The Morgan fingerprint density at radius 2 is 2.10 bits per heavy atom. The van der Waals surface area contributed by atoms with Gasteiger partial charge in [0.25, 0.3) is 6.21 Å². The van der Waals surface area contributed by atoms with Gasteiger partial charge in [-0.1, -0.05) is 0 Å². The average Bonchev–Trinajstić information content (AvgIpc) is 2.46. The van der Waals surface area contributed by atoms with Crippen molar-refractivity contribution >= 4 is 6.21 Å². The van der Waals surface area contributed by atoms with Crippen molar-refractivity contribution in [1.29, 1.82) is 0 Å². The van der Waals surface area contributed by atoms with Crippen molar-refractivity contribution in [1.82, 2.24) is 0 Å². The van der Waals surface area contributed by atoms with E-state index in [1.807, 2.05) is 0 Å². The van der Waals surface area contributed by atoms with Crippen molar-refractivity contribution < 1.29 is 4.79 Å². The van der Waals surface area contributed by atoms with Crippen molar-refractivity contribution in [2.24, 2.45) is 11.3 Å². The smallest absolute Gasteiger partial charge is 0.263 e. The standard InChI is InChI=1S/C8H12N2/c9-10-6-8-3-1-7(5-8)2-4-8/h6-7H,1-5H2. The molecule has 2 rings (SSSR count). The van der Waals surface area contributed by atoms with Gasteiger partial charge in [-0.25, -0.2) is 0 Å². The molecule has 0 aromatic carbocycles. The molecular weight excluding hydrogens is 124 g/mol. The summed E-state index contributed by atoms with van der Waals surface area (Å²) in [6.45, 7) is 0. The van der Waals surface area contributed by atoms with Crippen molar-refractivity contribution in [3.05, 3.63) is 5.53 Å². The normalized spacial score (nSPS) is 43.4. The summed E-state index contributed by atoms with van der Waals surface area (Å²) in [5.74, 6) is 0.943. The molecule has 0 saturated heterocycles. The fourth-order valence-electron chi connectivity index (χ4n) is 2.54. The Balaban J connectivity index is 2.22. The first-order valence-corrected chi connectivity index (χ1v) is 4.03. The minimum absolute atomic E-state index is 0.319. The lowest BCUT2D eigenvalue weighted by atomic mass is 9.86. The second kappa shape index (κ2) is 1.93. The van der Waals surface area contributed by atoms with E-state index in [1.54, 1.807) is 6.21 Å². The molecule has 0 unspecified atom stereocenters. The summed E-state index contributed by atoms with van der Waals surface area (Å²) in [4.78, 5) is 3.16. The second-order valence-corrected chi connectivity index (χ2v) is 3.75. The summed E-state index contributed by atoms with van der Waals surface area (Å²) >= 11 is 0. The van der Waals surface area contributed by atoms with E-state index in [4.69, 9.17) is 5.53 Å². The third kappa shape index (κ3) is 0.723. The molecule has 0 aliphatic heterocycles. The zero-order valence-electron chi connectivity index (χ0n) is 6.08. The maximum absolute atomic E-state index is 8.41. The number of nitrogens with zero attached hydrogens (tertiary/aromatic N) is 2. The van der Waals surface area contributed by atoms with Crippen LogP contribution in [0.4, 0.5) is 0 Å². The zero-order valence-corrected chi connectivity index (χ0v) is 6.08. The van der Waals surface area contributed by atoms with Crippen LogP contribution in [0.1, 0.15) is 32.1 Å². The topological polar surface area (TPSA) is 36.4 Å². The number of hydrogen-bond acceptors (Lipinski definition) is 0. The Kier molecular flexibility index (Phi) is 1.18. The van der Waals surface area contributed by atoms with Crippen molar-refractivity contribution in [3.63, 3.8) is 0 Å². The Morgan fingerprint density at radius 3 is 2.50 bits per heavy atom. The Hall–Kier alpha value is -0.620. The third-order valence-corrected chi connectivity index (χ3v) is 3.13. The van der Waals surface area contributed by atoms with Gasteiger partial charge in [0.15, 0.2) is 0 Å². The molecule has 2 aliphatic carbocycles. The van der Waals surface area contributed by atoms with Crippen LogP contribution in [0.5, 0.6) is 0 Å². The van der Waals surface area contributed by atoms with Crippen LogP contribution in [0.25, 0.3) is 5.53 Å². The van der Waals surface area contributed by atoms with Gasteiger partial charge in [-0.15, -0.1) is 0 Å². The first kappa shape index (κ1) is 6.11. The number of rotatable bonds is 1. The molecule has 0 radical (unpaired) electrons. The van der Waals surface area contributed by atoms with Crippen LogP contribution in [0.2, 0.25) is 0 Å². The number of fused-ring (bicyclic) bond motifs is 2. The molecule has 2 fully saturated rings. The molecule has 0 atom stereocenters. The molecule has 0 aromatic heterocycles. The summed E-state index contributed by atoms with van der Waals surface area (Å²) in [5, 5.41) is 0. The molecule has 0 aromatic rings. The molecule has 2 heteroatoms. The molecular formula is C8H12N2. The van der Waals surface area contributed by atoms with E-state index in [2.05, 4.69) is 4.79 Å². The van der Waals surface area contributed by atoms with Gasteiger partial charge in [0, 0.05) is 0 Å². The quantitative estimate of drug-likeness (QED) is 0.300. The molecule has 10 heavy (non-hydrogen) atoms. The van der Waals surface area contributed by atoms with Crippen LogP contribution in [0.15, 0.2) is 0 Å².